The summed E-state index contributed by atoms with van der Waals surface area (Å²) in [4.78, 5) is 8.49. The van der Waals surface area contributed by atoms with Crippen LogP contribution in [0.1, 0.15) is 26.1 Å². The highest BCUT2D eigenvalue weighted by Crippen LogP contribution is 2.10. The molecule has 4 N–H and O–H groups in total. The number of hydrogen-bond acceptors (Lipinski definition) is 7. The summed E-state index contributed by atoms with van der Waals surface area (Å²) >= 11 is 0. The number of nitrogens with one attached hydrogen (secondary N) is 2. The Morgan fingerprint density at radius 2 is 2.00 bits per heavy atom. The topological polar surface area (TPSA) is 94.3 Å². The summed E-state index contributed by atoms with van der Waals surface area (Å²) in [6.45, 7) is 6.82. The van der Waals surface area contributed by atoms with E-state index >= 15 is 0 Å². The number of hydrogen-bond donors (Lipinski definition) is 3. The summed E-state index contributed by atoms with van der Waals surface area (Å²) in [6.07, 6.45) is 1.08. The molecular formula is C13H25N5O2. The first-order chi connectivity index (χ1) is 9.65. The van der Waals surface area contributed by atoms with Crippen molar-refractivity contribution in [1.82, 2.24) is 9.97 Å². The van der Waals surface area contributed by atoms with Crippen LogP contribution >= 0.6 is 0 Å². The van der Waals surface area contributed by atoms with Crippen LogP contribution in [-0.2, 0) is 16.1 Å². The van der Waals surface area contributed by atoms with E-state index in [1.54, 1.807) is 13.2 Å². The zero-order chi connectivity index (χ0) is 14.8. The summed E-state index contributed by atoms with van der Waals surface area (Å²) in [5.74, 6) is 7.87. The minimum Gasteiger partial charge on any atom is -0.380 e. The predicted molar refractivity (Wildman–Crippen MR) is 79.3 cm³/mol. The van der Waals surface area contributed by atoms with Gasteiger partial charge in [-0.25, -0.2) is 15.8 Å². The lowest BCUT2D eigenvalue weighted by Crippen LogP contribution is -2.15. The molecule has 20 heavy (non-hydrogen) atoms. The van der Waals surface area contributed by atoms with Gasteiger partial charge in [0.15, 0.2) is 5.82 Å². The quantitative estimate of drug-likeness (QED) is 0.339. The molecule has 0 fully saturated rings. The average molecular weight is 283 g/mol. The number of ether oxygens (including phenoxy) is 2. The smallest absolute Gasteiger partial charge is 0.158 e. The monoisotopic (exact) mass is 283 g/mol. The van der Waals surface area contributed by atoms with E-state index in [1.807, 2.05) is 0 Å². The summed E-state index contributed by atoms with van der Waals surface area (Å²) in [5, 5.41) is 3.18. The molecule has 0 saturated heterocycles. The van der Waals surface area contributed by atoms with E-state index < -0.39 is 0 Å². The number of methoxy groups -OCH3 is 1. The number of rotatable bonds is 10. The van der Waals surface area contributed by atoms with Crippen LogP contribution in [0.3, 0.4) is 0 Å². The molecule has 1 heterocycles. The molecule has 7 nitrogen and oxygen atoms in total. The fraction of sp³-hybridized carbons (Fsp3) is 0.692. The SMILES string of the molecule is COCc1nc(NN)cc(NCCOCCC(C)C)n1. The molecule has 0 spiro atoms. The molecule has 0 aliphatic carbocycles. The minimum atomic E-state index is 0.342. The van der Waals surface area contributed by atoms with E-state index in [2.05, 4.69) is 34.6 Å². The van der Waals surface area contributed by atoms with Gasteiger partial charge in [0.2, 0.25) is 0 Å². The van der Waals surface area contributed by atoms with Crippen molar-refractivity contribution >= 4 is 11.6 Å². The second-order valence-corrected chi connectivity index (χ2v) is 4.85. The van der Waals surface area contributed by atoms with Crippen molar-refractivity contribution in [2.24, 2.45) is 11.8 Å². The Morgan fingerprint density at radius 1 is 1.25 bits per heavy atom. The van der Waals surface area contributed by atoms with Gasteiger partial charge in [-0.3, -0.25) is 0 Å². The van der Waals surface area contributed by atoms with Crippen molar-refractivity contribution in [3.63, 3.8) is 0 Å². The minimum absolute atomic E-state index is 0.342. The molecule has 0 bridgehead atoms. The molecule has 1 aromatic heterocycles. The number of anilines is 2. The number of nitrogens with two attached hydrogens (primary N) is 1. The van der Waals surface area contributed by atoms with Crippen LogP contribution in [0.15, 0.2) is 6.07 Å². The lowest BCUT2D eigenvalue weighted by molar-refractivity contribution is 0.132. The van der Waals surface area contributed by atoms with Crippen LogP contribution < -0.4 is 16.6 Å². The van der Waals surface area contributed by atoms with Crippen molar-refractivity contribution in [3.05, 3.63) is 11.9 Å². The molecule has 0 aliphatic rings. The predicted octanol–water partition coefficient (Wildman–Crippen LogP) is 1.38. The van der Waals surface area contributed by atoms with E-state index in [0.717, 1.165) is 13.0 Å². The van der Waals surface area contributed by atoms with E-state index in [0.29, 0.717) is 43.1 Å². The molecule has 0 atom stereocenters. The average Bonchev–Trinajstić information content (AvgIpc) is 2.42. The molecule has 0 amide bonds. The summed E-state index contributed by atoms with van der Waals surface area (Å²) < 4.78 is 10.5. The molecular weight excluding hydrogens is 258 g/mol. The summed E-state index contributed by atoms with van der Waals surface area (Å²) in [5.41, 5.74) is 2.51. The highest BCUT2D eigenvalue weighted by Gasteiger charge is 2.03. The third-order valence-electron chi connectivity index (χ3n) is 2.59. The van der Waals surface area contributed by atoms with Gasteiger partial charge in [-0.05, 0) is 12.3 Å². The first-order valence-electron chi connectivity index (χ1n) is 6.80. The number of nitrogens with zero attached hydrogens (tertiary/aromatic N) is 2. The lowest BCUT2D eigenvalue weighted by atomic mass is 10.1. The maximum Gasteiger partial charge on any atom is 0.158 e. The molecule has 7 heteroatoms. The lowest BCUT2D eigenvalue weighted by Gasteiger charge is -2.10. The van der Waals surface area contributed by atoms with Crippen LogP contribution in [0.5, 0.6) is 0 Å². The van der Waals surface area contributed by atoms with Gasteiger partial charge in [-0.1, -0.05) is 13.8 Å². The van der Waals surface area contributed by atoms with Gasteiger partial charge >= 0.3 is 0 Å². The molecule has 0 saturated carbocycles. The maximum atomic E-state index is 5.53. The van der Waals surface area contributed by atoms with Gasteiger partial charge in [0.1, 0.15) is 18.2 Å². The number of nitrogen functional groups attached to an aromatic ring is 1. The van der Waals surface area contributed by atoms with Gasteiger partial charge < -0.3 is 20.2 Å². The van der Waals surface area contributed by atoms with Crippen molar-refractivity contribution in [2.45, 2.75) is 26.9 Å². The van der Waals surface area contributed by atoms with Crippen LogP contribution in [0.2, 0.25) is 0 Å². The van der Waals surface area contributed by atoms with Crippen molar-refractivity contribution < 1.29 is 9.47 Å². The Bertz CT molecular complexity index is 387. The van der Waals surface area contributed by atoms with Gasteiger partial charge in [0, 0.05) is 26.3 Å². The summed E-state index contributed by atoms with van der Waals surface area (Å²) in [6, 6.07) is 1.74. The zero-order valence-corrected chi connectivity index (χ0v) is 12.5. The van der Waals surface area contributed by atoms with E-state index in [4.69, 9.17) is 15.3 Å². The maximum absolute atomic E-state index is 5.53. The highest BCUT2D eigenvalue weighted by atomic mass is 16.5. The highest BCUT2D eigenvalue weighted by molar-refractivity contribution is 5.46. The van der Waals surface area contributed by atoms with Gasteiger partial charge in [0.25, 0.3) is 0 Å². The molecule has 114 valence electrons. The third-order valence-corrected chi connectivity index (χ3v) is 2.59. The van der Waals surface area contributed by atoms with Crippen molar-refractivity contribution in [1.29, 1.82) is 0 Å². The molecule has 0 unspecified atom stereocenters. The second-order valence-electron chi connectivity index (χ2n) is 4.85. The Balaban J connectivity index is 2.36. The van der Waals surface area contributed by atoms with Crippen molar-refractivity contribution in [3.8, 4) is 0 Å². The zero-order valence-electron chi connectivity index (χ0n) is 12.5. The first kappa shape index (κ1) is 16.6. The van der Waals surface area contributed by atoms with E-state index in [1.165, 1.54) is 0 Å². The molecule has 1 aromatic rings. The Kier molecular flexibility index (Phi) is 7.86. The van der Waals surface area contributed by atoms with Gasteiger partial charge in [-0.2, -0.15) is 0 Å². The van der Waals surface area contributed by atoms with Crippen LogP contribution in [-0.4, -0.2) is 36.8 Å². The fourth-order valence-electron chi connectivity index (χ4n) is 1.53. The van der Waals surface area contributed by atoms with Crippen LogP contribution in [0.4, 0.5) is 11.6 Å². The van der Waals surface area contributed by atoms with E-state index in [-0.39, 0.29) is 0 Å². The normalized spacial score (nSPS) is 10.8. The van der Waals surface area contributed by atoms with Gasteiger partial charge in [0.05, 0.1) is 6.61 Å². The molecule has 0 aromatic carbocycles. The second kappa shape index (κ2) is 9.46. The standard InChI is InChI=1S/C13H25N5O2/c1-10(2)4-6-20-7-5-15-11-8-12(18-14)17-13(16-11)9-19-3/h8,10H,4-7,9,14H2,1-3H3,(H2,15,16,17,18). The first-order valence-corrected chi connectivity index (χ1v) is 6.80. The van der Waals surface area contributed by atoms with Crippen LogP contribution in [0.25, 0.3) is 0 Å². The Labute approximate surface area is 120 Å². The van der Waals surface area contributed by atoms with Gasteiger partial charge in [-0.15, -0.1) is 0 Å². The Morgan fingerprint density at radius 3 is 2.65 bits per heavy atom. The molecule has 0 radical (unpaired) electrons. The van der Waals surface area contributed by atoms with Crippen molar-refractivity contribution in [2.75, 3.05) is 37.6 Å². The third kappa shape index (κ3) is 6.65. The number of hydrazine groups is 1. The van der Waals surface area contributed by atoms with E-state index in [9.17, 15) is 0 Å². The summed E-state index contributed by atoms with van der Waals surface area (Å²) in [7, 11) is 1.60. The molecule has 1 rings (SSSR count). The Hall–Kier alpha value is -1.44. The largest absolute Gasteiger partial charge is 0.380 e. The van der Waals surface area contributed by atoms with Crippen LogP contribution in [0, 0.1) is 5.92 Å². The number of aromatic nitrogens is 2. The fourth-order valence-corrected chi connectivity index (χ4v) is 1.53. The molecule has 0 aliphatic heterocycles.